The molecule has 37 heavy (non-hydrogen) atoms. The van der Waals surface area contributed by atoms with Gasteiger partial charge in [-0.3, -0.25) is 14.4 Å². The predicted octanol–water partition coefficient (Wildman–Crippen LogP) is 4.72. The molecule has 2 aromatic heterocycles. The number of aromatic hydroxyl groups is 2. The minimum absolute atomic E-state index is 0.0191. The minimum atomic E-state index is -1.06. The Morgan fingerprint density at radius 1 is 1.00 bits per heavy atom. The number of carbonyl (C=O) groups excluding carboxylic acids is 1. The molecule has 0 bridgehead atoms. The third kappa shape index (κ3) is 4.23. The number of ether oxygens (including phenoxy) is 1. The second-order valence-electron chi connectivity index (χ2n) is 8.80. The lowest BCUT2D eigenvalue weighted by atomic mass is 9.86. The van der Waals surface area contributed by atoms with Crippen molar-refractivity contribution in [1.82, 2.24) is 4.98 Å². The zero-order chi connectivity index (χ0) is 26.3. The summed E-state index contributed by atoms with van der Waals surface area (Å²) >= 11 is 0. The quantitative estimate of drug-likeness (QED) is 0.300. The van der Waals surface area contributed by atoms with E-state index >= 15 is 0 Å². The number of hydrogen-bond donors (Lipinski definition) is 3. The van der Waals surface area contributed by atoms with E-state index in [1.807, 2.05) is 31.2 Å². The maximum absolute atomic E-state index is 13.3. The third-order valence-corrected chi connectivity index (χ3v) is 6.50. The van der Waals surface area contributed by atoms with Gasteiger partial charge in [0.15, 0.2) is 5.43 Å². The zero-order valence-corrected chi connectivity index (χ0v) is 20.1. The monoisotopic (exact) mass is 497 g/mol. The van der Waals surface area contributed by atoms with Crippen LogP contribution in [-0.2, 0) is 9.53 Å². The van der Waals surface area contributed by atoms with Crippen molar-refractivity contribution in [3.05, 3.63) is 104 Å². The minimum Gasteiger partial charge on any atom is -0.507 e. The standard InChI is InChI=1S/C29H23NO7/c1-15-7-6-10-17-11-19(29(35)30-27(15)17)18(12-24(34)36-2)25-20(31)13-21(32)26-22(33)14-23(37-28(25)26)16-8-4-3-5-9-16/h3-11,13-14,18,31-32H,12H2,1-2H3,(H,30,35)/t18-/m1/s1. The normalized spacial score (nSPS) is 12.1. The van der Waals surface area contributed by atoms with Crippen molar-refractivity contribution < 1.29 is 24.2 Å². The number of phenolic OH excluding ortho intramolecular Hbond substituents is 2. The van der Waals surface area contributed by atoms with E-state index in [0.717, 1.165) is 17.0 Å². The summed E-state index contributed by atoms with van der Waals surface area (Å²) in [5, 5.41) is 22.1. The van der Waals surface area contributed by atoms with Gasteiger partial charge in [0.2, 0.25) is 0 Å². The Labute approximate surface area is 210 Å². The Bertz CT molecular complexity index is 1780. The molecule has 0 aliphatic carbocycles. The topological polar surface area (TPSA) is 130 Å². The number of fused-ring (bicyclic) bond motifs is 2. The highest BCUT2D eigenvalue weighted by Gasteiger charge is 2.30. The van der Waals surface area contributed by atoms with Gasteiger partial charge in [-0.05, 0) is 23.9 Å². The van der Waals surface area contributed by atoms with E-state index in [4.69, 9.17) is 9.15 Å². The maximum Gasteiger partial charge on any atom is 0.306 e. The van der Waals surface area contributed by atoms with Gasteiger partial charge in [-0.2, -0.15) is 0 Å². The van der Waals surface area contributed by atoms with E-state index < -0.39 is 34.4 Å². The van der Waals surface area contributed by atoms with Crippen LogP contribution in [0.4, 0.5) is 0 Å². The van der Waals surface area contributed by atoms with Gasteiger partial charge in [-0.25, -0.2) is 0 Å². The summed E-state index contributed by atoms with van der Waals surface area (Å²) in [6.45, 7) is 1.86. The number of esters is 1. The Morgan fingerprint density at radius 2 is 1.76 bits per heavy atom. The number of carbonyl (C=O) groups is 1. The van der Waals surface area contributed by atoms with Crippen molar-refractivity contribution in [2.24, 2.45) is 0 Å². The number of benzene rings is 3. The van der Waals surface area contributed by atoms with Crippen LogP contribution >= 0.6 is 0 Å². The lowest BCUT2D eigenvalue weighted by Crippen LogP contribution is -2.21. The lowest BCUT2D eigenvalue weighted by molar-refractivity contribution is -0.140. The molecule has 0 spiro atoms. The summed E-state index contributed by atoms with van der Waals surface area (Å²) in [6.07, 6.45) is -0.330. The molecule has 3 N–H and O–H groups in total. The van der Waals surface area contributed by atoms with Crippen LogP contribution < -0.4 is 11.0 Å². The fourth-order valence-electron chi connectivity index (χ4n) is 4.68. The number of aromatic nitrogens is 1. The van der Waals surface area contributed by atoms with Crippen LogP contribution in [0.1, 0.15) is 29.0 Å². The first-order valence-corrected chi connectivity index (χ1v) is 11.6. The molecule has 0 aliphatic heterocycles. The van der Waals surface area contributed by atoms with Crippen LogP contribution in [0.2, 0.25) is 0 Å². The number of rotatable bonds is 5. The third-order valence-electron chi connectivity index (χ3n) is 6.50. The average molecular weight is 498 g/mol. The molecule has 0 saturated carbocycles. The second kappa shape index (κ2) is 9.31. The van der Waals surface area contributed by atoms with Gasteiger partial charge < -0.3 is 24.4 Å². The van der Waals surface area contributed by atoms with Gasteiger partial charge in [-0.1, -0.05) is 48.5 Å². The Balaban J connectivity index is 1.85. The van der Waals surface area contributed by atoms with E-state index in [0.29, 0.717) is 11.1 Å². The smallest absolute Gasteiger partial charge is 0.306 e. The number of hydrogen-bond acceptors (Lipinski definition) is 7. The average Bonchev–Trinajstić information content (AvgIpc) is 2.88. The molecule has 8 heteroatoms. The fraction of sp³-hybridized carbons (Fsp3) is 0.138. The summed E-state index contributed by atoms with van der Waals surface area (Å²) in [5.74, 6) is -2.42. The van der Waals surface area contributed by atoms with Crippen LogP contribution in [-0.4, -0.2) is 28.3 Å². The molecule has 0 saturated heterocycles. The summed E-state index contributed by atoms with van der Waals surface area (Å²) in [5.41, 5.74) is 1.15. The van der Waals surface area contributed by atoms with Gasteiger partial charge in [0.1, 0.15) is 28.2 Å². The van der Waals surface area contributed by atoms with Crippen LogP contribution in [0, 0.1) is 6.92 Å². The fourth-order valence-corrected chi connectivity index (χ4v) is 4.68. The van der Waals surface area contributed by atoms with Gasteiger partial charge in [0.25, 0.3) is 5.56 Å². The number of methoxy groups -OCH3 is 1. The molecule has 0 unspecified atom stereocenters. The van der Waals surface area contributed by atoms with Gasteiger partial charge in [-0.15, -0.1) is 0 Å². The van der Waals surface area contributed by atoms with Crippen molar-refractivity contribution in [3.8, 4) is 22.8 Å². The highest BCUT2D eigenvalue weighted by Crippen LogP contribution is 2.42. The number of H-pyrrole nitrogens is 1. The van der Waals surface area contributed by atoms with Crippen LogP contribution in [0.25, 0.3) is 33.2 Å². The second-order valence-corrected chi connectivity index (χ2v) is 8.80. The van der Waals surface area contributed by atoms with Gasteiger partial charge in [0.05, 0.1) is 19.0 Å². The van der Waals surface area contributed by atoms with E-state index in [9.17, 15) is 24.6 Å². The first-order valence-electron chi connectivity index (χ1n) is 11.6. The maximum atomic E-state index is 13.3. The van der Waals surface area contributed by atoms with E-state index in [1.54, 1.807) is 30.3 Å². The summed E-state index contributed by atoms with van der Waals surface area (Å²) in [4.78, 5) is 41.8. The van der Waals surface area contributed by atoms with Crippen molar-refractivity contribution in [3.63, 3.8) is 0 Å². The molecular weight excluding hydrogens is 474 g/mol. The van der Waals surface area contributed by atoms with Crippen molar-refractivity contribution in [2.75, 3.05) is 7.11 Å². The zero-order valence-electron chi connectivity index (χ0n) is 20.1. The lowest BCUT2D eigenvalue weighted by Gasteiger charge is -2.20. The molecule has 0 aliphatic rings. The first kappa shape index (κ1) is 23.9. The molecule has 0 amide bonds. The van der Waals surface area contributed by atoms with E-state index in [-0.39, 0.29) is 34.3 Å². The van der Waals surface area contributed by atoms with Gasteiger partial charge >= 0.3 is 5.97 Å². The molecule has 8 nitrogen and oxygen atoms in total. The van der Waals surface area contributed by atoms with Crippen molar-refractivity contribution >= 4 is 27.8 Å². The number of pyridine rings is 1. The summed E-state index contributed by atoms with van der Waals surface area (Å²) in [6, 6.07) is 18.3. The van der Waals surface area contributed by atoms with Gasteiger partial charge in [0, 0.05) is 34.7 Å². The molecule has 5 aromatic rings. The molecule has 0 radical (unpaired) electrons. The number of para-hydroxylation sites is 1. The highest BCUT2D eigenvalue weighted by molar-refractivity contribution is 5.91. The highest BCUT2D eigenvalue weighted by atomic mass is 16.5. The van der Waals surface area contributed by atoms with E-state index in [1.165, 1.54) is 13.2 Å². The van der Waals surface area contributed by atoms with E-state index in [2.05, 4.69) is 4.98 Å². The molecule has 3 aromatic carbocycles. The Morgan fingerprint density at radius 3 is 2.49 bits per heavy atom. The van der Waals surface area contributed by atoms with Crippen molar-refractivity contribution in [2.45, 2.75) is 19.3 Å². The molecular formula is C29H23NO7. The molecule has 2 heterocycles. The number of aryl methyl sites for hydroxylation is 1. The molecule has 186 valence electrons. The summed E-state index contributed by atoms with van der Waals surface area (Å²) < 4.78 is 11.0. The number of aromatic amines is 1. The largest absolute Gasteiger partial charge is 0.507 e. The number of nitrogens with one attached hydrogen (secondary N) is 1. The molecule has 1 atom stereocenters. The van der Waals surface area contributed by atoms with Crippen LogP contribution in [0.3, 0.4) is 0 Å². The first-order chi connectivity index (χ1) is 17.8. The molecule has 5 rings (SSSR count). The molecule has 0 fully saturated rings. The van der Waals surface area contributed by atoms with Crippen LogP contribution in [0.5, 0.6) is 11.5 Å². The summed E-state index contributed by atoms with van der Waals surface area (Å²) in [7, 11) is 1.22. The Kier molecular flexibility index (Phi) is 6.01. The Hall–Kier alpha value is -4.85. The SMILES string of the molecule is COC(=O)C[C@H](c1cc2cccc(C)c2[nH]c1=O)c1c(O)cc(O)c2c(=O)cc(-c3ccccc3)oc12. The predicted molar refractivity (Wildman–Crippen MR) is 139 cm³/mol. The number of phenols is 2. The van der Waals surface area contributed by atoms with Crippen molar-refractivity contribution in [1.29, 1.82) is 0 Å². The van der Waals surface area contributed by atoms with Crippen LogP contribution in [0.15, 0.2) is 80.7 Å².